The summed E-state index contributed by atoms with van der Waals surface area (Å²) in [5.74, 6) is -0.906. The third kappa shape index (κ3) is 6.36. The van der Waals surface area contributed by atoms with Gasteiger partial charge in [-0.15, -0.1) is 0 Å². The van der Waals surface area contributed by atoms with Gasteiger partial charge in [-0.2, -0.15) is 0 Å². The zero-order valence-electron chi connectivity index (χ0n) is 18.9. The molecule has 3 aromatic carbocycles. The van der Waals surface area contributed by atoms with Gasteiger partial charge >= 0.3 is 0 Å². The Morgan fingerprint density at radius 2 is 1.56 bits per heavy atom. The molecule has 0 spiro atoms. The van der Waals surface area contributed by atoms with E-state index in [1.165, 1.54) is 0 Å². The van der Waals surface area contributed by atoms with Gasteiger partial charge in [-0.3, -0.25) is 13.9 Å². The smallest absolute Gasteiger partial charge is 0.253 e. The fraction of sp³-hybridized carbons (Fsp3) is 0.200. The van der Waals surface area contributed by atoms with Gasteiger partial charge in [-0.25, -0.2) is 8.42 Å². The lowest BCUT2D eigenvalue weighted by Gasteiger charge is -2.30. The number of sulfonamides is 1. The van der Waals surface area contributed by atoms with Crippen LogP contribution in [0.1, 0.15) is 29.3 Å². The minimum absolute atomic E-state index is 0.212. The van der Waals surface area contributed by atoms with Crippen molar-refractivity contribution in [2.45, 2.75) is 25.9 Å². The van der Waals surface area contributed by atoms with Gasteiger partial charge in [-0.05, 0) is 48.4 Å². The molecule has 0 saturated heterocycles. The quantitative estimate of drug-likeness (QED) is 0.454. The lowest BCUT2D eigenvalue weighted by atomic mass is 10.1. The van der Waals surface area contributed by atoms with E-state index in [4.69, 9.17) is 11.6 Å². The largest absolute Gasteiger partial charge is 0.348 e. The first-order valence-electron chi connectivity index (χ1n) is 10.7. The molecule has 7 nitrogen and oxygen atoms in total. The van der Waals surface area contributed by atoms with Crippen LogP contribution in [0.5, 0.6) is 0 Å². The molecule has 0 heterocycles. The fourth-order valence-electron chi connectivity index (χ4n) is 3.53. The number of anilines is 2. The lowest BCUT2D eigenvalue weighted by Crippen LogP contribution is -2.47. The number of carbonyl (C=O) groups is 2. The van der Waals surface area contributed by atoms with Crippen LogP contribution in [-0.2, 0) is 21.4 Å². The van der Waals surface area contributed by atoms with E-state index >= 15 is 0 Å². The molecule has 0 bridgehead atoms. The molecule has 2 N–H and O–H groups in total. The summed E-state index contributed by atoms with van der Waals surface area (Å²) >= 11 is 5.94. The molecule has 2 amide bonds. The zero-order chi connectivity index (χ0) is 24.7. The van der Waals surface area contributed by atoms with Gasteiger partial charge in [0.15, 0.2) is 0 Å². The minimum atomic E-state index is -3.80. The summed E-state index contributed by atoms with van der Waals surface area (Å²) < 4.78 is 26.3. The number of halogens is 1. The van der Waals surface area contributed by atoms with Crippen molar-refractivity contribution in [2.24, 2.45) is 0 Å². The molecular formula is C25H26ClN3O4S. The average molecular weight is 500 g/mol. The van der Waals surface area contributed by atoms with E-state index in [-0.39, 0.29) is 17.9 Å². The molecule has 0 aliphatic heterocycles. The van der Waals surface area contributed by atoms with Gasteiger partial charge < -0.3 is 10.6 Å². The highest BCUT2D eigenvalue weighted by atomic mass is 35.5. The van der Waals surface area contributed by atoms with E-state index in [1.54, 1.807) is 55.5 Å². The molecule has 0 aliphatic rings. The van der Waals surface area contributed by atoms with E-state index < -0.39 is 22.0 Å². The van der Waals surface area contributed by atoms with E-state index in [0.717, 1.165) is 16.1 Å². The zero-order valence-corrected chi connectivity index (χ0v) is 20.4. The fourth-order valence-corrected chi connectivity index (χ4v) is 4.87. The molecule has 1 atom stereocenters. The SMILES string of the molecule is CC[C@@H](C(=O)Nc1ccccc1C(=O)NCc1ccccc1)N(c1ccc(Cl)cc1)S(C)(=O)=O. The number of para-hydroxylation sites is 1. The highest BCUT2D eigenvalue weighted by Crippen LogP contribution is 2.25. The molecule has 0 fully saturated rings. The van der Waals surface area contributed by atoms with Crippen LogP contribution in [0, 0.1) is 0 Å². The van der Waals surface area contributed by atoms with Crippen molar-refractivity contribution in [1.82, 2.24) is 5.32 Å². The summed E-state index contributed by atoms with van der Waals surface area (Å²) in [6.45, 7) is 2.05. The summed E-state index contributed by atoms with van der Waals surface area (Å²) in [4.78, 5) is 26.1. The Bertz CT molecular complexity index is 1250. The first kappa shape index (κ1) is 25.3. The van der Waals surface area contributed by atoms with Crippen molar-refractivity contribution >= 4 is 44.8 Å². The molecule has 0 radical (unpaired) electrons. The van der Waals surface area contributed by atoms with E-state index in [0.29, 0.717) is 22.9 Å². The standard InChI is InChI=1S/C25H26ClN3O4S/c1-3-23(29(34(2,32)33)20-15-13-19(26)14-16-20)25(31)28-22-12-8-7-11-21(22)24(30)27-17-18-9-5-4-6-10-18/h4-16,23H,3,17H2,1-2H3,(H,27,30)(H,28,31)/t23-/m0/s1. The summed E-state index contributed by atoms with van der Waals surface area (Å²) in [6.07, 6.45) is 1.26. The highest BCUT2D eigenvalue weighted by molar-refractivity contribution is 7.92. The van der Waals surface area contributed by atoms with Gasteiger partial charge in [0, 0.05) is 11.6 Å². The average Bonchev–Trinajstić information content (AvgIpc) is 2.82. The third-order valence-corrected chi connectivity index (χ3v) is 6.57. The Kier molecular flexibility index (Phi) is 8.31. The third-order valence-electron chi connectivity index (χ3n) is 5.14. The molecule has 178 valence electrons. The van der Waals surface area contributed by atoms with E-state index in [2.05, 4.69) is 10.6 Å². The highest BCUT2D eigenvalue weighted by Gasteiger charge is 2.32. The summed E-state index contributed by atoms with van der Waals surface area (Å²) in [7, 11) is -3.80. The van der Waals surface area contributed by atoms with Crippen molar-refractivity contribution in [1.29, 1.82) is 0 Å². The van der Waals surface area contributed by atoms with Crippen LogP contribution in [-0.4, -0.2) is 32.5 Å². The number of nitrogens with one attached hydrogen (secondary N) is 2. The maximum absolute atomic E-state index is 13.3. The van der Waals surface area contributed by atoms with Crippen LogP contribution < -0.4 is 14.9 Å². The monoisotopic (exact) mass is 499 g/mol. The van der Waals surface area contributed by atoms with Crippen molar-refractivity contribution in [3.8, 4) is 0 Å². The number of benzene rings is 3. The van der Waals surface area contributed by atoms with Crippen LogP contribution in [0.4, 0.5) is 11.4 Å². The topological polar surface area (TPSA) is 95.6 Å². The van der Waals surface area contributed by atoms with Gasteiger partial charge in [-0.1, -0.05) is 61.0 Å². The van der Waals surface area contributed by atoms with Gasteiger partial charge in [0.1, 0.15) is 6.04 Å². The first-order chi connectivity index (χ1) is 16.2. The van der Waals surface area contributed by atoms with Crippen molar-refractivity contribution in [3.05, 3.63) is 95.0 Å². The second-order valence-electron chi connectivity index (χ2n) is 7.66. The van der Waals surface area contributed by atoms with Crippen molar-refractivity contribution in [3.63, 3.8) is 0 Å². The lowest BCUT2D eigenvalue weighted by molar-refractivity contribution is -0.117. The molecule has 34 heavy (non-hydrogen) atoms. The van der Waals surface area contributed by atoms with E-state index in [9.17, 15) is 18.0 Å². The molecule has 0 aliphatic carbocycles. The minimum Gasteiger partial charge on any atom is -0.348 e. The van der Waals surface area contributed by atoms with Crippen molar-refractivity contribution < 1.29 is 18.0 Å². The molecule has 0 aromatic heterocycles. The normalized spacial score (nSPS) is 12.0. The predicted octanol–water partition coefficient (Wildman–Crippen LogP) is 4.45. The molecular weight excluding hydrogens is 474 g/mol. The number of hydrogen-bond acceptors (Lipinski definition) is 4. The Balaban J connectivity index is 1.83. The second-order valence-corrected chi connectivity index (χ2v) is 9.96. The molecule has 0 unspecified atom stereocenters. The second kappa shape index (κ2) is 11.2. The Morgan fingerprint density at radius 3 is 2.18 bits per heavy atom. The predicted molar refractivity (Wildman–Crippen MR) is 136 cm³/mol. The number of carbonyl (C=O) groups excluding carboxylic acids is 2. The van der Waals surface area contributed by atoms with E-state index in [1.807, 2.05) is 30.3 Å². The van der Waals surface area contributed by atoms with Crippen LogP contribution >= 0.6 is 11.6 Å². The van der Waals surface area contributed by atoms with Crippen LogP contribution in [0.3, 0.4) is 0 Å². The Morgan fingerprint density at radius 1 is 0.941 bits per heavy atom. The van der Waals surface area contributed by atoms with Gasteiger partial charge in [0.2, 0.25) is 15.9 Å². The number of amides is 2. The molecule has 3 aromatic rings. The molecule has 9 heteroatoms. The van der Waals surface area contributed by atoms with Gasteiger partial charge in [0.05, 0.1) is 23.2 Å². The Labute approximate surface area is 204 Å². The molecule has 3 rings (SSSR count). The van der Waals surface area contributed by atoms with Crippen molar-refractivity contribution in [2.75, 3.05) is 15.9 Å². The van der Waals surface area contributed by atoms with Crippen LogP contribution in [0.15, 0.2) is 78.9 Å². The Hall–Kier alpha value is -3.36. The summed E-state index contributed by atoms with van der Waals surface area (Å²) in [5.41, 5.74) is 1.83. The summed E-state index contributed by atoms with van der Waals surface area (Å²) in [6, 6.07) is 21.2. The molecule has 0 saturated carbocycles. The number of rotatable bonds is 9. The number of hydrogen-bond donors (Lipinski definition) is 2. The van der Waals surface area contributed by atoms with Crippen LogP contribution in [0.2, 0.25) is 5.02 Å². The maximum Gasteiger partial charge on any atom is 0.253 e. The first-order valence-corrected chi connectivity index (χ1v) is 12.9. The maximum atomic E-state index is 13.3. The van der Waals surface area contributed by atoms with Crippen LogP contribution in [0.25, 0.3) is 0 Å². The number of nitrogens with zero attached hydrogens (tertiary/aromatic N) is 1. The van der Waals surface area contributed by atoms with Gasteiger partial charge in [0.25, 0.3) is 5.91 Å². The summed E-state index contributed by atoms with van der Waals surface area (Å²) in [5, 5.41) is 6.03.